The molecule has 0 amide bonds. The minimum Gasteiger partial charge on any atom is -0.496 e. The molecule has 0 aliphatic heterocycles. The summed E-state index contributed by atoms with van der Waals surface area (Å²) in [6, 6.07) is 11.8. The Balaban J connectivity index is 1.55. The van der Waals surface area contributed by atoms with E-state index >= 15 is 0 Å². The Labute approximate surface area is 213 Å². The molecule has 0 radical (unpaired) electrons. The average molecular weight is 506 g/mol. The minimum atomic E-state index is -0.493. The second-order valence-electron chi connectivity index (χ2n) is 8.13. The number of hydrogen-bond donors (Lipinski definition) is 1. The molecule has 4 rings (SSSR count). The summed E-state index contributed by atoms with van der Waals surface area (Å²) < 4.78 is 25.2. The minimum absolute atomic E-state index is 0.0165. The van der Waals surface area contributed by atoms with Crippen LogP contribution >= 0.6 is 11.6 Å². The van der Waals surface area contributed by atoms with Crippen molar-refractivity contribution in [1.82, 2.24) is 9.97 Å². The summed E-state index contributed by atoms with van der Waals surface area (Å²) >= 11 is 5.93. The van der Waals surface area contributed by atoms with Crippen LogP contribution in [-0.4, -0.2) is 23.4 Å². The van der Waals surface area contributed by atoms with E-state index in [1.165, 1.54) is 18.5 Å². The van der Waals surface area contributed by atoms with Gasteiger partial charge in [0, 0.05) is 30.0 Å². The number of rotatable bonds is 10. The highest BCUT2D eigenvalue weighted by atomic mass is 35.5. The van der Waals surface area contributed by atoms with Crippen molar-refractivity contribution in [1.29, 1.82) is 0 Å². The van der Waals surface area contributed by atoms with E-state index in [0.29, 0.717) is 40.7 Å². The number of aldehydes is 1. The van der Waals surface area contributed by atoms with Gasteiger partial charge in [-0.1, -0.05) is 30.4 Å². The molecule has 6 nitrogen and oxygen atoms in total. The first-order valence-electron chi connectivity index (χ1n) is 11.7. The van der Waals surface area contributed by atoms with Crippen LogP contribution in [0.15, 0.2) is 53.2 Å². The van der Waals surface area contributed by atoms with Crippen molar-refractivity contribution in [3.05, 3.63) is 65.4 Å². The number of carbonyl (C=O) groups is 1. The zero-order chi connectivity index (χ0) is 25.3. The van der Waals surface area contributed by atoms with Gasteiger partial charge in [-0.15, -0.1) is 0 Å². The summed E-state index contributed by atoms with van der Waals surface area (Å²) in [7, 11) is 1.59. The van der Waals surface area contributed by atoms with E-state index < -0.39 is 5.82 Å². The number of benzene rings is 2. The van der Waals surface area contributed by atoms with Gasteiger partial charge in [-0.3, -0.25) is 0 Å². The van der Waals surface area contributed by atoms with Crippen molar-refractivity contribution in [3.63, 3.8) is 0 Å². The molecule has 2 aromatic heterocycles. The van der Waals surface area contributed by atoms with Crippen LogP contribution in [-0.2, 0) is 4.79 Å². The van der Waals surface area contributed by atoms with Crippen LogP contribution in [0.3, 0.4) is 0 Å². The van der Waals surface area contributed by atoms with Gasteiger partial charge in [-0.2, -0.15) is 0 Å². The van der Waals surface area contributed by atoms with E-state index in [-0.39, 0.29) is 5.02 Å². The normalized spacial score (nSPS) is 10.6. The third-order valence-electron chi connectivity index (χ3n) is 5.60. The van der Waals surface area contributed by atoms with Crippen molar-refractivity contribution in [3.8, 4) is 28.9 Å². The molecular weight excluding hydrogens is 481 g/mol. The van der Waals surface area contributed by atoms with Crippen LogP contribution in [0.4, 0.5) is 15.9 Å². The van der Waals surface area contributed by atoms with Gasteiger partial charge >= 0.3 is 0 Å². The summed E-state index contributed by atoms with van der Waals surface area (Å²) in [5.74, 6) is 8.03. The highest BCUT2D eigenvalue weighted by Gasteiger charge is 2.15. The summed E-state index contributed by atoms with van der Waals surface area (Å²) in [6.07, 6.45) is 7.84. The molecule has 0 bridgehead atoms. The molecule has 0 atom stereocenters. The highest BCUT2D eigenvalue weighted by molar-refractivity contribution is 6.31. The molecule has 0 aliphatic rings. The van der Waals surface area contributed by atoms with E-state index in [1.54, 1.807) is 13.2 Å². The van der Waals surface area contributed by atoms with Gasteiger partial charge in [0.2, 0.25) is 0 Å². The van der Waals surface area contributed by atoms with Gasteiger partial charge in [0.25, 0.3) is 0 Å². The number of carbonyl (C=O) groups excluding carboxylic acids is 1. The van der Waals surface area contributed by atoms with Crippen LogP contribution < -0.4 is 10.1 Å². The Kier molecular flexibility index (Phi) is 8.53. The second-order valence-corrected chi connectivity index (χ2v) is 8.54. The molecule has 8 heteroatoms. The third-order valence-corrected chi connectivity index (χ3v) is 5.89. The van der Waals surface area contributed by atoms with Gasteiger partial charge in [-0.25, -0.2) is 14.4 Å². The summed E-state index contributed by atoms with van der Waals surface area (Å²) in [4.78, 5) is 19.1. The Hall–Kier alpha value is -3.89. The average Bonchev–Trinajstić information content (AvgIpc) is 3.36. The summed E-state index contributed by atoms with van der Waals surface area (Å²) in [5.41, 5.74) is 1.99. The van der Waals surface area contributed by atoms with Crippen LogP contribution in [0.2, 0.25) is 5.02 Å². The predicted octanol–water partition coefficient (Wildman–Crippen LogP) is 7.33. The second kappa shape index (κ2) is 12.2. The molecule has 0 unspecified atom stereocenters. The summed E-state index contributed by atoms with van der Waals surface area (Å²) in [5, 5.41) is 3.92. The first-order valence-corrected chi connectivity index (χ1v) is 12.0. The SMILES string of the molecule is COc1cc2ncnc(Nc3ccc(F)c(Cl)c3)c2cc1-c1ccc(C#CCCCCCCC=O)o1. The molecule has 1 N–H and O–H groups in total. The molecule has 0 saturated carbocycles. The zero-order valence-electron chi connectivity index (χ0n) is 19.8. The molecular formula is C28H25ClFN3O3. The lowest BCUT2D eigenvalue weighted by Gasteiger charge is -2.12. The maximum Gasteiger partial charge on any atom is 0.177 e. The van der Waals surface area contributed by atoms with E-state index in [2.05, 4.69) is 27.1 Å². The van der Waals surface area contributed by atoms with Gasteiger partial charge in [0.15, 0.2) is 5.76 Å². The first kappa shape index (κ1) is 25.2. The zero-order valence-corrected chi connectivity index (χ0v) is 20.6. The number of hydrogen-bond acceptors (Lipinski definition) is 6. The van der Waals surface area contributed by atoms with Gasteiger partial charge in [-0.05, 0) is 55.2 Å². The highest BCUT2D eigenvalue weighted by Crippen LogP contribution is 2.37. The monoisotopic (exact) mass is 505 g/mol. The van der Waals surface area contributed by atoms with Crippen molar-refractivity contribution < 1.29 is 18.3 Å². The van der Waals surface area contributed by atoms with Crippen LogP contribution in [0.25, 0.3) is 22.2 Å². The Morgan fingerprint density at radius 2 is 1.97 bits per heavy atom. The number of halogens is 2. The molecule has 184 valence electrons. The van der Waals surface area contributed by atoms with Crippen molar-refractivity contribution in [2.24, 2.45) is 0 Å². The Bertz CT molecular complexity index is 1420. The molecule has 0 fully saturated rings. The first-order chi connectivity index (χ1) is 17.6. The number of ether oxygens (including phenoxy) is 1. The standard InChI is InChI=1S/C28H25ClFN3O3/c1-35-27-17-25-21(28(32-18-31-25)33-19-10-12-24(30)23(29)15-19)16-22(27)26-13-11-20(36-26)9-7-5-3-2-4-6-8-14-34/h10-18H,2-6,8H2,1H3,(H,31,32,33). The fourth-order valence-electron chi connectivity index (χ4n) is 3.75. The van der Waals surface area contributed by atoms with Crippen molar-refractivity contribution in [2.45, 2.75) is 38.5 Å². The summed E-state index contributed by atoms with van der Waals surface area (Å²) in [6.45, 7) is 0. The number of methoxy groups -OCH3 is 1. The number of aromatic nitrogens is 2. The Morgan fingerprint density at radius 1 is 1.11 bits per heavy atom. The molecule has 2 heterocycles. The maximum atomic E-state index is 13.6. The fourth-order valence-corrected chi connectivity index (χ4v) is 3.93. The van der Waals surface area contributed by atoms with Gasteiger partial charge in [0.05, 0.1) is 23.2 Å². The van der Waals surface area contributed by atoms with Crippen LogP contribution in [0.1, 0.15) is 44.3 Å². The quantitative estimate of drug-likeness (QED) is 0.138. The molecule has 0 saturated heterocycles. The predicted molar refractivity (Wildman–Crippen MR) is 139 cm³/mol. The van der Waals surface area contributed by atoms with Gasteiger partial charge in [0.1, 0.15) is 35.8 Å². The van der Waals surface area contributed by atoms with E-state index in [9.17, 15) is 9.18 Å². The van der Waals surface area contributed by atoms with E-state index in [1.807, 2.05) is 24.3 Å². The lowest BCUT2D eigenvalue weighted by atomic mass is 10.1. The smallest absolute Gasteiger partial charge is 0.177 e. The number of nitrogens with zero attached hydrogens (tertiary/aromatic N) is 2. The number of furan rings is 1. The number of fused-ring (bicyclic) bond motifs is 1. The molecule has 0 spiro atoms. The van der Waals surface area contributed by atoms with Crippen molar-refractivity contribution >= 4 is 40.3 Å². The number of anilines is 2. The number of unbranched alkanes of at least 4 members (excludes halogenated alkanes) is 5. The van der Waals surface area contributed by atoms with Crippen LogP contribution in [0, 0.1) is 17.7 Å². The fraction of sp³-hybridized carbons (Fsp3) is 0.250. The Morgan fingerprint density at radius 3 is 2.78 bits per heavy atom. The third kappa shape index (κ3) is 6.21. The lowest BCUT2D eigenvalue weighted by molar-refractivity contribution is -0.107. The van der Waals surface area contributed by atoms with E-state index in [0.717, 1.165) is 49.3 Å². The maximum absolute atomic E-state index is 13.6. The molecule has 2 aromatic carbocycles. The van der Waals surface area contributed by atoms with E-state index in [4.69, 9.17) is 20.8 Å². The van der Waals surface area contributed by atoms with Crippen LogP contribution in [0.5, 0.6) is 5.75 Å². The number of nitrogens with one attached hydrogen (secondary N) is 1. The molecule has 0 aliphatic carbocycles. The molecule has 4 aromatic rings. The topological polar surface area (TPSA) is 77.3 Å². The lowest BCUT2D eigenvalue weighted by Crippen LogP contribution is -1.98. The largest absolute Gasteiger partial charge is 0.496 e. The van der Waals surface area contributed by atoms with Crippen molar-refractivity contribution in [2.75, 3.05) is 12.4 Å². The van der Waals surface area contributed by atoms with Gasteiger partial charge < -0.3 is 19.3 Å². The molecule has 36 heavy (non-hydrogen) atoms.